The number of thiazole rings is 1. The number of aromatic nitrogens is 1. The molecule has 1 aliphatic rings. The molecule has 100 valence electrons. The number of amides is 1. The fourth-order valence-electron chi connectivity index (χ4n) is 2.30. The molecule has 1 unspecified atom stereocenters. The third-order valence-electron chi connectivity index (χ3n) is 3.21. The Hall–Kier alpha value is -0.940. The Morgan fingerprint density at radius 1 is 1.67 bits per heavy atom. The zero-order chi connectivity index (χ0) is 13.0. The highest BCUT2D eigenvalue weighted by Crippen LogP contribution is 2.17. The molecule has 1 aromatic rings. The van der Waals surface area contributed by atoms with Crippen molar-refractivity contribution in [2.24, 2.45) is 5.92 Å². The average molecular weight is 268 g/mol. The van der Waals surface area contributed by atoms with Crippen LogP contribution in [0.2, 0.25) is 0 Å². The normalized spacial score (nSPS) is 20.1. The summed E-state index contributed by atoms with van der Waals surface area (Å²) >= 11 is 1.56. The molecular weight excluding hydrogens is 248 g/mol. The van der Waals surface area contributed by atoms with Crippen LogP contribution in [0.25, 0.3) is 0 Å². The lowest BCUT2D eigenvalue weighted by Crippen LogP contribution is -2.39. The quantitative estimate of drug-likeness (QED) is 0.839. The maximum Gasteiger partial charge on any atom is 0.228 e. The SMILES string of the molecule is COCc1nc(CC(=O)N2CCCC(C)C2)cs1. The summed E-state index contributed by atoms with van der Waals surface area (Å²) in [4.78, 5) is 18.5. The molecule has 0 saturated carbocycles. The Morgan fingerprint density at radius 3 is 3.22 bits per heavy atom. The van der Waals surface area contributed by atoms with E-state index >= 15 is 0 Å². The van der Waals surface area contributed by atoms with Crippen LogP contribution in [0, 0.1) is 5.92 Å². The molecule has 2 heterocycles. The summed E-state index contributed by atoms with van der Waals surface area (Å²) in [6, 6.07) is 0. The predicted molar refractivity (Wildman–Crippen MR) is 71.5 cm³/mol. The Kier molecular flexibility index (Phi) is 4.72. The van der Waals surface area contributed by atoms with E-state index in [1.807, 2.05) is 10.3 Å². The van der Waals surface area contributed by atoms with E-state index in [1.54, 1.807) is 18.4 Å². The summed E-state index contributed by atoms with van der Waals surface area (Å²) < 4.78 is 5.03. The number of piperidine rings is 1. The van der Waals surface area contributed by atoms with Gasteiger partial charge in [0.15, 0.2) is 0 Å². The van der Waals surface area contributed by atoms with Gasteiger partial charge in [-0.05, 0) is 18.8 Å². The van der Waals surface area contributed by atoms with Crippen LogP contribution in [0.1, 0.15) is 30.5 Å². The standard InChI is InChI=1S/C13H20N2O2S/c1-10-4-3-5-15(7-10)13(16)6-11-9-18-12(14-11)8-17-2/h9-10H,3-8H2,1-2H3. The fraction of sp³-hybridized carbons (Fsp3) is 0.692. The monoisotopic (exact) mass is 268 g/mol. The van der Waals surface area contributed by atoms with Crippen LogP contribution in [0.15, 0.2) is 5.38 Å². The summed E-state index contributed by atoms with van der Waals surface area (Å²) in [6.45, 7) is 4.53. The minimum Gasteiger partial charge on any atom is -0.378 e. The number of likely N-dealkylation sites (tertiary alicyclic amines) is 1. The van der Waals surface area contributed by atoms with E-state index < -0.39 is 0 Å². The molecule has 1 amide bonds. The van der Waals surface area contributed by atoms with Crippen LogP contribution in [0.3, 0.4) is 0 Å². The van der Waals surface area contributed by atoms with Crippen molar-refractivity contribution in [3.05, 3.63) is 16.1 Å². The molecule has 1 aliphatic heterocycles. The van der Waals surface area contributed by atoms with Gasteiger partial charge in [-0.1, -0.05) is 6.92 Å². The molecule has 0 N–H and O–H groups in total. The smallest absolute Gasteiger partial charge is 0.228 e. The molecule has 0 radical (unpaired) electrons. The van der Waals surface area contributed by atoms with Gasteiger partial charge in [0.2, 0.25) is 5.91 Å². The van der Waals surface area contributed by atoms with E-state index in [-0.39, 0.29) is 5.91 Å². The largest absolute Gasteiger partial charge is 0.378 e. The number of methoxy groups -OCH3 is 1. The van der Waals surface area contributed by atoms with Crippen LogP contribution in [0.5, 0.6) is 0 Å². The minimum atomic E-state index is 0.204. The van der Waals surface area contributed by atoms with Gasteiger partial charge in [-0.2, -0.15) is 0 Å². The molecule has 1 aromatic heterocycles. The van der Waals surface area contributed by atoms with E-state index in [0.29, 0.717) is 18.9 Å². The fourth-order valence-corrected chi connectivity index (χ4v) is 3.07. The van der Waals surface area contributed by atoms with E-state index in [1.165, 1.54) is 6.42 Å². The molecule has 0 aliphatic carbocycles. The van der Waals surface area contributed by atoms with Crippen LogP contribution >= 0.6 is 11.3 Å². The second-order valence-corrected chi connectivity index (χ2v) is 5.87. The third kappa shape index (κ3) is 3.53. The Bertz CT molecular complexity index is 405. The second kappa shape index (κ2) is 6.29. The number of rotatable bonds is 4. The van der Waals surface area contributed by atoms with E-state index in [9.17, 15) is 4.79 Å². The third-order valence-corrected chi connectivity index (χ3v) is 4.08. The number of hydrogen-bond acceptors (Lipinski definition) is 4. The zero-order valence-electron chi connectivity index (χ0n) is 11.0. The summed E-state index contributed by atoms with van der Waals surface area (Å²) in [5.74, 6) is 0.831. The van der Waals surface area contributed by atoms with Crippen LogP contribution in [-0.4, -0.2) is 36.0 Å². The first-order valence-corrected chi connectivity index (χ1v) is 7.27. The Balaban J connectivity index is 1.89. The summed E-state index contributed by atoms with van der Waals surface area (Å²) in [7, 11) is 1.65. The van der Waals surface area contributed by atoms with Crippen molar-refractivity contribution in [3.8, 4) is 0 Å². The van der Waals surface area contributed by atoms with Gasteiger partial charge in [0.05, 0.1) is 18.7 Å². The summed E-state index contributed by atoms with van der Waals surface area (Å²) in [6.07, 6.45) is 2.78. The van der Waals surface area contributed by atoms with Crippen molar-refractivity contribution in [2.75, 3.05) is 20.2 Å². The molecule has 1 fully saturated rings. The number of carbonyl (C=O) groups excluding carboxylic acids is 1. The molecule has 18 heavy (non-hydrogen) atoms. The van der Waals surface area contributed by atoms with Crippen molar-refractivity contribution >= 4 is 17.2 Å². The van der Waals surface area contributed by atoms with E-state index in [0.717, 1.165) is 30.2 Å². The van der Waals surface area contributed by atoms with Crippen molar-refractivity contribution in [2.45, 2.75) is 32.8 Å². The van der Waals surface area contributed by atoms with Gasteiger partial charge in [0, 0.05) is 25.6 Å². The predicted octanol–water partition coefficient (Wildman–Crippen LogP) is 2.09. The molecule has 5 heteroatoms. The maximum atomic E-state index is 12.1. The second-order valence-electron chi connectivity index (χ2n) is 4.93. The number of hydrogen-bond donors (Lipinski definition) is 0. The maximum absolute atomic E-state index is 12.1. The highest BCUT2D eigenvalue weighted by molar-refractivity contribution is 7.09. The Morgan fingerprint density at radius 2 is 2.50 bits per heavy atom. The van der Waals surface area contributed by atoms with E-state index in [4.69, 9.17) is 4.74 Å². The van der Waals surface area contributed by atoms with Gasteiger partial charge in [-0.15, -0.1) is 11.3 Å². The first-order valence-electron chi connectivity index (χ1n) is 6.39. The molecule has 0 spiro atoms. The number of nitrogens with zero attached hydrogens (tertiary/aromatic N) is 2. The number of carbonyl (C=O) groups is 1. The zero-order valence-corrected chi connectivity index (χ0v) is 11.8. The molecular formula is C13H20N2O2S. The summed E-state index contributed by atoms with van der Waals surface area (Å²) in [5.41, 5.74) is 0.871. The first-order chi connectivity index (χ1) is 8.69. The van der Waals surface area contributed by atoms with Crippen molar-refractivity contribution in [1.29, 1.82) is 0 Å². The van der Waals surface area contributed by atoms with Crippen LogP contribution < -0.4 is 0 Å². The molecule has 0 bridgehead atoms. The molecule has 1 atom stereocenters. The van der Waals surface area contributed by atoms with Crippen LogP contribution in [-0.2, 0) is 22.6 Å². The van der Waals surface area contributed by atoms with Crippen molar-refractivity contribution in [1.82, 2.24) is 9.88 Å². The van der Waals surface area contributed by atoms with Gasteiger partial charge in [-0.25, -0.2) is 4.98 Å². The van der Waals surface area contributed by atoms with Crippen LogP contribution in [0.4, 0.5) is 0 Å². The lowest BCUT2D eigenvalue weighted by Gasteiger charge is -2.30. The molecule has 2 rings (SSSR count). The van der Waals surface area contributed by atoms with Gasteiger partial charge >= 0.3 is 0 Å². The Labute approximate surface area is 112 Å². The highest BCUT2D eigenvalue weighted by Gasteiger charge is 2.21. The molecule has 4 nitrogen and oxygen atoms in total. The number of ether oxygens (including phenoxy) is 1. The highest BCUT2D eigenvalue weighted by atomic mass is 32.1. The van der Waals surface area contributed by atoms with Gasteiger partial charge in [0.1, 0.15) is 5.01 Å². The van der Waals surface area contributed by atoms with Gasteiger partial charge in [0.25, 0.3) is 0 Å². The average Bonchev–Trinajstić information content (AvgIpc) is 2.77. The van der Waals surface area contributed by atoms with Gasteiger partial charge in [-0.3, -0.25) is 4.79 Å². The summed E-state index contributed by atoms with van der Waals surface area (Å²) in [5, 5.41) is 2.90. The first kappa shape index (κ1) is 13.5. The topological polar surface area (TPSA) is 42.4 Å². The molecule has 0 aromatic carbocycles. The van der Waals surface area contributed by atoms with Crippen molar-refractivity contribution in [3.63, 3.8) is 0 Å². The minimum absolute atomic E-state index is 0.204. The lowest BCUT2D eigenvalue weighted by atomic mass is 10.00. The molecule has 1 saturated heterocycles. The van der Waals surface area contributed by atoms with Crippen molar-refractivity contribution < 1.29 is 9.53 Å². The van der Waals surface area contributed by atoms with E-state index in [2.05, 4.69) is 11.9 Å². The lowest BCUT2D eigenvalue weighted by molar-refractivity contribution is -0.132. The van der Waals surface area contributed by atoms with Gasteiger partial charge < -0.3 is 9.64 Å².